The second-order valence-corrected chi connectivity index (χ2v) is 4.91. The van der Waals surface area contributed by atoms with Crippen LogP contribution in [0.4, 0.5) is 11.4 Å². The van der Waals surface area contributed by atoms with Gasteiger partial charge in [-0.3, -0.25) is 10.1 Å². The number of rotatable bonds is 4. The molecule has 6 nitrogen and oxygen atoms in total. The highest BCUT2D eigenvalue weighted by atomic mass is 16.6. The van der Waals surface area contributed by atoms with Crippen LogP contribution in [0.2, 0.25) is 0 Å². The van der Waals surface area contributed by atoms with Gasteiger partial charge in [0.25, 0.3) is 5.69 Å². The van der Waals surface area contributed by atoms with Gasteiger partial charge in [0.1, 0.15) is 11.5 Å². The number of anilines is 1. The summed E-state index contributed by atoms with van der Waals surface area (Å²) < 4.78 is 0. The van der Waals surface area contributed by atoms with Crippen molar-refractivity contribution in [2.45, 2.75) is 19.9 Å². The summed E-state index contributed by atoms with van der Waals surface area (Å²) in [7, 11) is 0. The van der Waals surface area contributed by atoms with Gasteiger partial charge in [-0.25, -0.2) is 0 Å². The maximum Gasteiger partial charge on any atom is 0.271 e. The van der Waals surface area contributed by atoms with E-state index in [1.165, 1.54) is 30.3 Å². The third-order valence-corrected chi connectivity index (χ3v) is 3.23. The summed E-state index contributed by atoms with van der Waals surface area (Å²) in [6.45, 7) is 3.69. The molecule has 0 amide bonds. The lowest BCUT2D eigenvalue weighted by Gasteiger charge is -2.17. The summed E-state index contributed by atoms with van der Waals surface area (Å²) in [5.41, 5.74) is 2.20. The van der Waals surface area contributed by atoms with Crippen molar-refractivity contribution in [2.75, 3.05) is 5.32 Å². The van der Waals surface area contributed by atoms with E-state index in [0.29, 0.717) is 11.3 Å². The molecule has 2 aromatic carbocycles. The van der Waals surface area contributed by atoms with E-state index >= 15 is 0 Å². The van der Waals surface area contributed by atoms with Crippen LogP contribution in [0.15, 0.2) is 36.4 Å². The van der Waals surface area contributed by atoms with E-state index in [2.05, 4.69) is 5.32 Å². The highest BCUT2D eigenvalue weighted by Gasteiger charge is 2.13. The van der Waals surface area contributed by atoms with Crippen molar-refractivity contribution in [3.8, 4) is 11.5 Å². The predicted molar refractivity (Wildman–Crippen MR) is 79.6 cm³/mol. The Balaban J connectivity index is 2.28. The fraction of sp³-hybridized carbons (Fsp3) is 0.200. The molecule has 2 aromatic rings. The van der Waals surface area contributed by atoms with Crippen molar-refractivity contribution in [1.29, 1.82) is 0 Å². The van der Waals surface area contributed by atoms with Gasteiger partial charge in [0.05, 0.1) is 4.92 Å². The van der Waals surface area contributed by atoms with Gasteiger partial charge in [0.2, 0.25) is 0 Å². The van der Waals surface area contributed by atoms with Crippen molar-refractivity contribution in [3.05, 3.63) is 57.6 Å². The summed E-state index contributed by atoms with van der Waals surface area (Å²) in [5.74, 6) is -0.0659. The molecule has 0 saturated carbocycles. The molecule has 110 valence electrons. The van der Waals surface area contributed by atoms with Gasteiger partial charge in [-0.15, -0.1) is 0 Å². The molecule has 0 spiro atoms. The van der Waals surface area contributed by atoms with Crippen LogP contribution in [0.5, 0.6) is 11.5 Å². The molecule has 3 N–H and O–H groups in total. The molecule has 0 bridgehead atoms. The summed E-state index contributed by atoms with van der Waals surface area (Å²) in [5, 5.41) is 33.0. The lowest BCUT2D eigenvalue weighted by molar-refractivity contribution is -0.384. The maximum atomic E-state index is 10.8. The largest absolute Gasteiger partial charge is 0.508 e. The van der Waals surface area contributed by atoms with Crippen molar-refractivity contribution >= 4 is 11.4 Å². The summed E-state index contributed by atoms with van der Waals surface area (Å²) >= 11 is 0. The second-order valence-electron chi connectivity index (χ2n) is 4.91. The zero-order chi connectivity index (χ0) is 15.6. The van der Waals surface area contributed by atoms with Crippen molar-refractivity contribution in [3.63, 3.8) is 0 Å². The number of phenolic OH excluding ortho intramolecular Hbond substituents is 2. The number of nitrogens with zero attached hydrogens (tertiary/aromatic N) is 1. The Labute approximate surface area is 121 Å². The number of aryl methyl sites for hydroxylation is 1. The van der Waals surface area contributed by atoms with Crippen LogP contribution < -0.4 is 5.32 Å². The topological polar surface area (TPSA) is 95.6 Å². The van der Waals surface area contributed by atoms with Crippen molar-refractivity contribution in [1.82, 2.24) is 0 Å². The number of nitro benzene ring substituents is 1. The van der Waals surface area contributed by atoms with Gasteiger partial charge in [-0.05, 0) is 37.1 Å². The first kappa shape index (κ1) is 14.6. The molecule has 0 saturated heterocycles. The number of hydrogen-bond donors (Lipinski definition) is 3. The first-order valence-electron chi connectivity index (χ1n) is 6.41. The fourth-order valence-electron chi connectivity index (χ4n) is 2.06. The van der Waals surface area contributed by atoms with Gasteiger partial charge in [0, 0.05) is 29.9 Å². The number of benzene rings is 2. The van der Waals surface area contributed by atoms with Crippen LogP contribution in [0.3, 0.4) is 0 Å². The molecule has 6 heteroatoms. The third-order valence-electron chi connectivity index (χ3n) is 3.23. The molecule has 1 unspecified atom stereocenters. The first-order valence-corrected chi connectivity index (χ1v) is 6.41. The van der Waals surface area contributed by atoms with Crippen LogP contribution in [-0.4, -0.2) is 15.1 Å². The third kappa shape index (κ3) is 3.42. The van der Waals surface area contributed by atoms with E-state index in [1.807, 2.05) is 13.8 Å². The van der Waals surface area contributed by atoms with E-state index in [4.69, 9.17) is 0 Å². The summed E-state index contributed by atoms with van der Waals surface area (Å²) in [6.07, 6.45) is 0. The molecular formula is C15H16N2O4. The molecule has 0 fully saturated rings. The number of phenols is 2. The highest BCUT2D eigenvalue weighted by molar-refractivity contribution is 5.58. The van der Waals surface area contributed by atoms with Gasteiger partial charge < -0.3 is 15.5 Å². The standard InChI is InChI=1S/C15H16N2O4/c1-9-3-4-12(17(20)21)7-15(9)16-10(2)11-5-13(18)8-14(19)6-11/h3-8,10,16,18-19H,1-2H3. The molecule has 1 atom stereocenters. The van der Waals surface area contributed by atoms with E-state index in [0.717, 1.165) is 5.56 Å². The summed E-state index contributed by atoms with van der Waals surface area (Å²) in [6, 6.07) is 8.67. The van der Waals surface area contributed by atoms with Gasteiger partial charge in [-0.2, -0.15) is 0 Å². The Morgan fingerprint density at radius 1 is 1.14 bits per heavy atom. The van der Waals surface area contributed by atoms with Crippen LogP contribution in [0, 0.1) is 17.0 Å². The minimum absolute atomic E-state index is 0.00839. The first-order chi connectivity index (χ1) is 9.86. The maximum absolute atomic E-state index is 10.8. The van der Waals surface area contributed by atoms with E-state index < -0.39 is 4.92 Å². The summed E-state index contributed by atoms with van der Waals surface area (Å²) in [4.78, 5) is 10.4. The molecule has 21 heavy (non-hydrogen) atoms. The molecule has 0 radical (unpaired) electrons. The van der Waals surface area contributed by atoms with Crippen molar-refractivity contribution in [2.24, 2.45) is 0 Å². The van der Waals surface area contributed by atoms with E-state index in [-0.39, 0.29) is 23.2 Å². The van der Waals surface area contributed by atoms with Gasteiger partial charge in [-0.1, -0.05) is 6.07 Å². The smallest absolute Gasteiger partial charge is 0.271 e. The number of nitro groups is 1. The van der Waals surface area contributed by atoms with Crippen LogP contribution in [0.25, 0.3) is 0 Å². The number of hydrogen-bond acceptors (Lipinski definition) is 5. The lowest BCUT2D eigenvalue weighted by atomic mass is 10.1. The SMILES string of the molecule is Cc1ccc([N+](=O)[O-])cc1NC(C)c1cc(O)cc(O)c1. The average molecular weight is 288 g/mol. The molecule has 0 aliphatic heterocycles. The van der Waals surface area contributed by atoms with E-state index in [9.17, 15) is 20.3 Å². The number of non-ortho nitro benzene ring substituents is 1. The van der Waals surface area contributed by atoms with Gasteiger partial charge >= 0.3 is 0 Å². The monoisotopic (exact) mass is 288 g/mol. The van der Waals surface area contributed by atoms with E-state index in [1.54, 1.807) is 6.07 Å². The minimum Gasteiger partial charge on any atom is -0.508 e. The average Bonchev–Trinajstić information content (AvgIpc) is 2.39. The zero-order valence-electron chi connectivity index (χ0n) is 11.7. The quantitative estimate of drug-likeness (QED) is 0.591. The molecule has 0 heterocycles. The lowest BCUT2D eigenvalue weighted by Crippen LogP contribution is -2.08. The Morgan fingerprint density at radius 3 is 2.33 bits per heavy atom. The predicted octanol–water partition coefficient (Wildman–Crippen LogP) is 3.49. The zero-order valence-corrected chi connectivity index (χ0v) is 11.7. The van der Waals surface area contributed by atoms with Gasteiger partial charge in [0.15, 0.2) is 0 Å². The van der Waals surface area contributed by atoms with Crippen LogP contribution in [-0.2, 0) is 0 Å². The molecule has 0 aromatic heterocycles. The Kier molecular flexibility index (Phi) is 3.98. The highest BCUT2D eigenvalue weighted by Crippen LogP contribution is 2.29. The number of nitrogens with one attached hydrogen (secondary N) is 1. The van der Waals surface area contributed by atoms with Crippen molar-refractivity contribution < 1.29 is 15.1 Å². The molecule has 2 rings (SSSR count). The van der Waals surface area contributed by atoms with Crippen LogP contribution >= 0.6 is 0 Å². The Bertz CT molecular complexity index is 665. The number of aromatic hydroxyl groups is 2. The molecular weight excluding hydrogens is 272 g/mol. The molecule has 0 aliphatic rings. The Morgan fingerprint density at radius 2 is 1.76 bits per heavy atom. The molecule has 0 aliphatic carbocycles. The normalized spacial score (nSPS) is 11.9. The second kappa shape index (κ2) is 5.70. The van der Waals surface area contributed by atoms with Crippen LogP contribution in [0.1, 0.15) is 24.1 Å². The minimum atomic E-state index is -0.449. The Hall–Kier alpha value is -2.76. The fourth-order valence-corrected chi connectivity index (χ4v) is 2.06.